The van der Waals surface area contributed by atoms with Crippen molar-refractivity contribution in [3.63, 3.8) is 0 Å². The Kier molecular flexibility index (Phi) is 3.66. The van der Waals surface area contributed by atoms with Gasteiger partial charge in [0.15, 0.2) is 5.16 Å². The fourth-order valence-electron chi connectivity index (χ4n) is 1.53. The van der Waals surface area contributed by atoms with Gasteiger partial charge in [0.2, 0.25) is 0 Å². The molecule has 0 atom stereocenters. The SMILES string of the molecule is Cn1ccnc1SCc1cc(F)cc(C(=N)N)c1. The summed E-state index contributed by atoms with van der Waals surface area (Å²) in [5.41, 5.74) is 6.55. The molecule has 18 heavy (non-hydrogen) atoms. The summed E-state index contributed by atoms with van der Waals surface area (Å²) in [6, 6.07) is 4.43. The van der Waals surface area contributed by atoms with Gasteiger partial charge in [-0.05, 0) is 23.8 Å². The second-order valence-electron chi connectivity index (χ2n) is 3.87. The summed E-state index contributed by atoms with van der Waals surface area (Å²) in [7, 11) is 1.90. The van der Waals surface area contributed by atoms with E-state index in [0.717, 1.165) is 10.7 Å². The van der Waals surface area contributed by atoms with Crippen LogP contribution in [0.4, 0.5) is 4.39 Å². The number of nitrogens with zero attached hydrogens (tertiary/aromatic N) is 2. The number of rotatable bonds is 4. The average Bonchev–Trinajstić information content (AvgIpc) is 2.71. The summed E-state index contributed by atoms with van der Waals surface area (Å²) in [4.78, 5) is 4.18. The zero-order valence-electron chi connectivity index (χ0n) is 9.85. The number of benzene rings is 1. The third-order valence-electron chi connectivity index (χ3n) is 2.41. The molecule has 0 fully saturated rings. The van der Waals surface area contributed by atoms with Crippen molar-refractivity contribution in [2.45, 2.75) is 10.9 Å². The Balaban J connectivity index is 2.14. The first-order chi connectivity index (χ1) is 8.56. The molecule has 6 heteroatoms. The third kappa shape index (κ3) is 2.89. The van der Waals surface area contributed by atoms with E-state index in [-0.39, 0.29) is 11.7 Å². The van der Waals surface area contributed by atoms with Gasteiger partial charge in [-0.1, -0.05) is 11.8 Å². The van der Waals surface area contributed by atoms with E-state index < -0.39 is 0 Å². The molecule has 0 aliphatic rings. The van der Waals surface area contributed by atoms with Gasteiger partial charge in [0.25, 0.3) is 0 Å². The number of thioether (sulfide) groups is 1. The molecule has 1 heterocycles. The topological polar surface area (TPSA) is 67.7 Å². The van der Waals surface area contributed by atoms with Gasteiger partial charge in [-0.25, -0.2) is 9.37 Å². The van der Waals surface area contributed by atoms with Gasteiger partial charge < -0.3 is 10.3 Å². The molecule has 0 bridgehead atoms. The van der Waals surface area contributed by atoms with Gasteiger partial charge in [-0.2, -0.15) is 0 Å². The Morgan fingerprint density at radius 3 is 2.89 bits per heavy atom. The second-order valence-corrected chi connectivity index (χ2v) is 4.81. The van der Waals surface area contributed by atoms with Crippen LogP contribution in [0.25, 0.3) is 0 Å². The lowest BCUT2D eigenvalue weighted by molar-refractivity contribution is 0.626. The molecule has 1 aromatic carbocycles. The molecule has 0 aliphatic heterocycles. The molecule has 0 unspecified atom stereocenters. The van der Waals surface area contributed by atoms with Gasteiger partial charge in [0, 0.05) is 30.8 Å². The monoisotopic (exact) mass is 264 g/mol. The average molecular weight is 264 g/mol. The van der Waals surface area contributed by atoms with E-state index in [9.17, 15) is 4.39 Å². The lowest BCUT2D eigenvalue weighted by atomic mass is 10.1. The summed E-state index contributed by atoms with van der Waals surface area (Å²) < 4.78 is 15.2. The number of imidazole rings is 1. The van der Waals surface area contributed by atoms with Crippen molar-refractivity contribution in [1.82, 2.24) is 9.55 Å². The molecule has 0 spiro atoms. The van der Waals surface area contributed by atoms with Gasteiger partial charge in [0.1, 0.15) is 11.7 Å². The number of halogens is 1. The van der Waals surface area contributed by atoms with Crippen molar-refractivity contribution in [1.29, 1.82) is 5.41 Å². The minimum absolute atomic E-state index is 0.127. The van der Waals surface area contributed by atoms with Crippen LogP contribution in [0.5, 0.6) is 0 Å². The number of nitrogens with one attached hydrogen (secondary N) is 1. The zero-order chi connectivity index (χ0) is 13.1. The number of hydrogen-bond acceptors (Lipinski definition) is 3. The fourth-order valence-corrected chi connectivity index (χ4v) is 2.39. The molecule has 0 amide bonds. The maximum absolute atomic E-state index is 13.4. The summed E-state index contributed by atoms with van der Waals surface area (Å²) in [6.07, 6.45) is 3.57. The maximum atomic E-state index is 13.4. The van der Waals surface area contributed by atoms with E-state index in [1.807, 2.05) is 17.8 Å². The molecule has 0 radical (unpaired) electrons. The van der Waals surface area contributed by atoms with E-state index in [2.05, 4.69) is 4.98 Å². The van der Waals surface area contributed by atoms with Crippen molar-refractivity contribution in [2.75, 3.05) is 0 Å². The Hall–Kier alpha value is -1.82. The van der Waals surface area contributed by atoms with Crippen LogP contribution >= 0.6 is 11.8 Å². The number of amidine groups is 1. The third-order valence-corrected chi connectivity index (χ3v) is 3.54. The van der Waals surface area contributed by atoms with Crippen LogP contribution in [0.2, 0.25) is 0 Å². The predicted molar refractivity (Wildman–Crippen MR) is 70.2 cm³/mol. The minimum atomic E-state index is -0.377. The van der Waals surface area contributed by atoms with Crippen molar-refractivity contribution < 1.29 is 4.39 Å². The van der Waals surface area contributed by atoms with Crippen LogP contribution in [-0.2, 0) is 12.8 Å². The Morgan fingerprint density at radius 2 is 2.28 bits per heavy atom. The summed E-state index contributed by atoms with van der Waals surface area (Å²) >= 11 is 1.51. The first-order valence-electron chi connectivity index (χ1n) is 5.30. The molecule has 4 nitrogen and oxygen atoms in total. The van der Waals surface area contributed by atoms with Crippen molar-refractivity contribution >= 4 is 17.6 Å². The van der Waals surface area contributed by atoms with Crippen LogP contribution < -0.4 is 5.73 Å². The molecule has 1 aromatic heterocycles. The highest BCUT2D eigenvalue weighted by atomic mass is 32.2. The molecular formula is C12H13FN4S. The Morgan fingerprint density at radius 1 is 1.50 bits per heavy atom. The van der Waals surface area contributed by atoms with Crippen molar-refractivity contribution in [3.8, 4) is 0 Å². The smallest absolute Gasteiger partial charge is 0.167 e. The highest BCUT2D eigenvalue weighted by Crippen LogP contribution is 2.21. The van der Waals surface area contributed by atoms with E-state index in [1.165, 1.54) is 23.9 Å². The summed E-state index contributed by atoms with van der Waals surface area (Å²) in [6.45, 7) is 0. The molecule has 0 saturated heterocycles. The molecule has 2 rings (SSSR count). The number of nitrogens with two attached hydrogens (primary N) is 1. The first-order valence-corrected chi connectivity index (χ1v) is 6.29. The zero-order valence-corrected chi connectivity index (χ0v) is 10.7. The fraction of sp³-hybridized carbons (Fsp3) is 0.167. The van der Waals surface area contributed by atoms with Crippen molar-refractivity contribution in [2.24, 2.45) is 12.8 Å². The second kappa shape index (κ2) is 5.22. The van der Waals surface area contributed by atoms with Gasteiger partial charge in [-0.15, -0.1) is 0 Å². The quantitative estimate of drug-likeness (QED) is 0.505. The molecule has 3 N–H and O–H groups in total. The summed E-state index contributed by atoms with van der Waals surface area (Å²) in [5, 5.41) is 8.19. The normalized spacial score (nSPS) is 10.6. The van der Waals surface area contributed by atoms with Crippen LogP contribution in [0.1, 0.15) is 11.1 Å². The molecule has 0 aliphatic carbocycles. The number of aromatic nitrogens is 2. The van der Waals surface area contributed by atoms with Gasteiger partial charge in [-0.3, -0.25) is 5.41 Å². The van der Waals surface area contributed by atoms with E-state index in [1.54, 1.807) is 12.3 Å². The van der Waals surface area contributed by atoms with E-state index in [4.69, 9.17) is 11.1 Å². The van der Waals surface area contributed by atoms with E-state index in [0.29, 0.717) is 11.3 Å². The first kappa shape index (κ1) is 12.6. The van der Waals surface area contributed by atoms with Crippen LogP contribution in [0.15, 0.2) is 35.7 Å². The van der Waals surface area contributed by atoms with Crippen LogP contribution in [0.3, 0.4) is 0 Å². The predicted octanol–water partition coefficient (Wildman–Crippen LogP) is 2.14. The highest BCUT2D eigenvalue weighted by molar-refractivity contribution is 7.98. The highest BCUT2D eigenvalue weighted by Gasteiger charge is 2.05. The van der Waals surface area contributed by atoms with Crippen LogP contribution in [-0.4, -0.2) is 15.4 Å². The molecule has 94 valence electrons. The summed E-state index contributed by atoms with van der Waals surface area (Å²) in [5.74, 6) is 0.0824. The number of nitrogen functional groups attached to an aromatic ring is 1. The van der Waals surface area contributed by atoms with Crippen molar-refractivity contribution in [3.05, 3.63) is 47.5 Å². The molecule has 2 aromatic rings. The standard InChI is InChI=1S/C12H13FN4S/c1-17-3-2-16-12(17)18-7-8-4-9(11(14)15)6-10(13)5-8/h2-6H,7H2,1H3,(H3,14,15). The van der Waals surface area contributed by atoms with E-state index >= 15 is 0 Å². The number of hydrogen-bond donors (Lipinski definition) is 2. The molecular weight excluding hydrogens is 251 g/mol. The number of aryl methyl sites for hydroxylation is 1. The minimum Gasteiger partial charge on any atom is -0.384 e. The Labute approximate surface area is 109 Å². The lowest BCUT2D eigenvalue weighted by Gasteiger charge is -2.05. The maximum Gasteiger partial charge on any atom is 0.167 e. The van der Waals surface area contributed by atoms with Gasteiger partial charge in [0.05, 0.1) is 0 Å². The lowest BCUT2D eigenvalue weighted by Crippen LogP contribution is -2.11. The Bertz CT molecular complexity index is 579. The van der Waals surface area contributed by atoms with Crippen LogP contribution in [0, 0.1) is 11.2 Å². The largest absolute Gasteiger partial charge is 0.384 e. The molecule has 0 saturated carbocycles. The van der Waals surface area contributed by atoms with Gasteiger partial charge >= 0.3 is 0 Å².